The predicted octanol–water partition coefficient (Wildman–Crippen LogP) is 1.99. The highest BCUT2D eigenvalue weighted by Gasteiger charge is 2.41. The Morgan fingerprint density at radius 3 is 2.94 bits per heavy atom. The Kier molecular flexibility index (Phi) is 3.14. The molecular formula is C14H19NO3. The molecule has 2 heterocycles. The van der Waals surface area contributed by atoms with E-state index in [0.29, 0.717) is 12.3 Å². The molecule has 4 nitrogen and oxygen atoms in total. The third kappa shape index (κ3) is 2.31. The molecule has 0 radical (unpaired) electrons. The summed E-state index contributed by atoms with van der Waals surface area (Å²) < 4.78 is 17.4. The van der Waals surface area contributed by atoms with Gasteiger partial charge in [0.2, 0.25) is 0 Å². The van der Waals surface area contributed by atoms with Gasteiger partial charge in [0.15, 0.2) is 0 Å². The molecule has 0 bridgehead atoms. The monoisotopic (exact) mass is 249 g/mol. The summed E-state index contributed by atoms with van der Waals surface area (Å²) in [4.78, 5) is 0. The topological polar surface area (TPSA) is 53.7 Å². The fourth-order valence-corrected chi connectivity index (χ4v) is 2.71. The second-order valence-corrected chi connectivity index (χ2v) is 5.10. The van der Waals surface area contributed by atoms with Crippen molar-refractivity contribution in [1.82, 2.24) is 0 Å². The van der Waals surface area contributed by atoms with E-state index in [1.807, 2.05) is 24.3 Å². The van der Waals surface area contributed by atoms with Crippen LogP contribution in [0.3, 0.4) is 0 Å². The smallest absolute Gasteiger partial charge is 0.142 e. The van der Waals surface area contributed by atoms with Crippen LogP contribution in [0.25, 0.3) is 0 Å². The molecule has 1 aromatic rings. The Bertz CT molecular complexity index is 415. The number of rotatable bonds is 2. The lowest BCUT2D eigenvalue weighted by molar-refractivity contribution is -0.112. The molecule has 0 amide bonds. The number of hydrogen-bond donors (Lipinski definition) is 1. The first-order valence-electron chi connectivity index (χ1n) is 6.50. The third-order valence-electron chi connectivity index (χ3n) is 3.73. The van der Waals surface area contributed by atoms with Gasteiger partial charge in [0.25, 0.3) is 0 Å². The van der Waals surface area contributed by atoms with Crippen molar-refractivity contribution in [2.75, 3.05) is 25.6 Å². The van der Waals surface area contributed by atoms with E-state index in [9.17, 15) is 0 Å². The molecular weight excluding hydrogens is 230 g/mol. The molecule has 3 rings (SSSR count). The van der Waals surface area contributed by atoms with Crippen molar-refractivity contribution in [3.8, 4) is 5.75 Å². The molecule has 0 aromatic heterocycles. The van der Waals surface area contributed by atoms with E-state index in [4.69, 9.17) is 19.9 Å². The van der Waals surface area contributed by atoms with Gasteiger partial charge in [-0.05, 0) is 12.1 Å². The zero-order chi connectivity index (χ0) is 12.4. The van der Waals surface area contributed by atoms with Crippen molar-refractivity contribution >= 4 is 5.69 Å². The van der Waals surface area contributed by atoms with Crippen molar-refractivity contribution in [2.24, 2.45) is 0 Å². The van der Waals surface area contributed by atoms with Gasteiger partial charge in [-0.1, -0.05) is 12.1 Å². The molecule has 2 aliphatic rings. The minimum Gasteiger partial charge on any atom is -0.488 e. The number of para-hydroxylation sites is 2. The zero-order valence-electron chi connectivity index (χ0n) is 10.4. The Hall–Kier alpha value is -1.26. The maximum Gasteiger partial charge on any atom is 0.142 e. The maximum atomic E-state index is 6.01. The molecule has 1 spiro atoms. The summed E-state index contributed by atoms with van der Waals surface area (Å²) in [6.07, 6.45) is 2.94. The summed E-state index contributed by atoms with van der Waals surface area (Å²) in [5.41, 5.74) is 6.48. The molecule has 2 saturated heterocycles. The normalized spacial score (nSPS) is 31.7. The third-order valence-corrected chi connectivity index (χ3v) is 3.73. The van der Waals surface area contributed by atoms with Crippen LogP contribution in [0.15, 0.2) is 24.3 Å². The Morgan fingerprint density at radius 1 is 1.28 bits per heavy atom. The van der Waals surface area contributed by atoms with E-state index in [1.54, 1.807) is 0 Å². The first kappa shape index (κ1) is 11.8. The van der Waals surface area contributed by atoms with E-state index in [-0.39, 0.29) is 11.7 Å². The molecule has 0 aliphatic carbocycles. The van der Waals surface area contributed by atoms with E-state index in [1.165, 1.54) is 0 Å². The van der Waals surface area contributed by atoms with Crippen molar-refractivity contribution in [1.29, 1.82) is 0 Å². The SMILES string of the molecule is Nc1ccccc1OC1CCOC2(CCOC2)C1. The van der Waals surface area contributed by atoms with Gasteiger partial charge in [-0.2, -0.15) is 0 Å². The largest absolute Gasteiger partial charge is 0.488 e. The zero-order valence-corrected chi connectivity index (χ0v) is 10.4. The van der Waals surface area contributed by atoms with Crippen molar-refractivity contribution in [3.63, 3.8) is 0 Å². The standard InChI is InChI=1S/C14H19NO3/c15-12-3-1-2-4-13(12)18-11-5-7-17-14(9-11)6-8-16-10-14/h1-4,11H,5-10,15H2. The number of nitrogen functional groups attached to an aromatic ring is 1. The highest BCUT2D eigenvalue weighted by molar-refractivity contribution is 5.51. The van der Waals surface area contributed by atoms with Crippen LogP contribution in [0.5, 0.6) is 5.75 Å². The van der Waals surface area contributed by atoms with Crippen LogP contribution in [0.4, 0.5) is 5.69 Å². The van der Waals surface area contributed by atoms with Crippen molar-refractivity contribution in [3.05, 3.63) is 24.3 Å². The number of benzene rings is 1. The van der Waals surface area contributed by atoms with Gasteiger partial charge in [0.05, 0.1) is 24.5 Å². The van der Waals surface area contributed by atoms with Gasteiger partial charge >= 0.3 is 0 Å². The summed E-state index contributed by atoms with van der Waals surface area (Å²) in [6, 6.07) is 7.64. The molecule has 0 saturated carbocycles. The van der Waals surface area contributed by atoms with Crippen LogP contribution in [-0.2, 0) is 9.47 Å². The second-order valence-electron chi connectivity index (χ2n) is 5.10. The van der Waals surface area contributed by atoms with Crippen LogP contribution in [0, 0.1) is 0 Å². The Balaban J connectivity index is 1.68. The minimum absolute atomic E-state index is 0.119. The summed E-state index contributed by atoms with van der Waals surface area (Å²) in [6.45, 7) is 2.22. The van der Waals surface area contributed by atoms with Gasteiger partial charge in [0.1, 0.15) is 11.9 Å². The van der Waals surface area contributed by atoms with E-state index in [0.717, 1.165) is 38.2 Å². The lowest BCUT2D eigenvalue weighted by Crippen LogP contribution is -2.44. The van der Waals surface area contributed by atoms with E-state index < -0.39 is 0 Å². The molecule has 2 fully saturated rings. The molecule has 1 aromatic carbocycles. The van der Waals surface area contributed by atoms with Gasteiger partial charge in [0, 0.05) is 25.9 Å². The molecule has 98 valence electrons. The molecule has 2 unspecified atom stereocenters. The average molecular weight is 249 g/mol. The molecule has 18 heavy (non-hydrogen) atoms. The Morgan fingerprint density at radius 2 is 2.17 bits per heavy atom. The highest BCUT2D eigenvalue weighted by Crippen LogP contribution is 2.35. The van der Waals surface area contributed by atoms with Crippen molar-refractivity contribution in [2.45, 2.75) is 31.0 Å². The number of nitrogens with two attached hydrogens (primary N) is 1. The molecule has 2 N–H and O–H groups in total. The summed E-state index contributed by atoms with van der Waals surface area (Å²) in [5, 5.41) is 0. The average Bonchev–Trinajstić information content (AvgIpc) is 2.80. The Labute approximate surface area is 107 Å². The van der Waals surface area contributed by atoms with E-state index in [2.05, 4.69) is 0 Å². The lowest BCUT2D eigenvalue weighted by Gasteiger charge is -2.37. The summed E-state index contributed by atoms with van der Waals surface area (Å²) in [7, 11) is 0. The number of hydrogen-bond acceptors (Lipinski definition) is 4. The fourth-order valence-electron chi connectivity index (χ4n) is 2.71. The molecule has 4 heteroatoms. The lowest BCUT2D eigenvalue weighted by atomic mass is 9.91. The van der Waals surface area contributed by atoms with Crippen molar-refractivity contribution < 1.29 is 14.2 Å². The van der Waals surface area contributed by atoms with Crippen LogP contribution in [-0.4, -0.2) is 31.5 Å². The molecule has 2 aliphatic heterocycles. The van der Waals surface area contributed by atoms with E-state index >= 15 is 0 Å². The number of anilines is 1. The second kappa shape index (κ2) is 4.78. The minimum atomic E-state index is -0.119. The fraction of sp³-hybridized carbons (Fsp3) is 0.571. The van der Waals surface area contributed by atoms with Gasteiger partial charge in [-0.3, -0.25) is 0 Å². The highest BCUT2D eigenvalue weighted by atomic mass is 16.6. The van der Waals surface area contributed by atoms with Crippen LogP contribution in [0.1, 0.15) is 19.3 Å². The maximum absolute atomic E-state index is 6.01. The first-order valence-corrected chi connectivity index (χ1v) is 6.50. The van der Waals surface area contributed by atoms with Crippen LogP contribution in [0.2, 0.25) is 0 Å². The molecule has 2 atom stereocenters. The van der Waals surface area contributed by atoms with Gasteiger partial charge < -0.3 is 19.9 Å². The quantitative estimate of drug-likeness (QED) is 0.814. The van der Waals surface area contributed by atoms with Gasteiger partial charge in [-0.15, -0.1) is 0 Å². The van der Waals surface area contributed by atoms with Gasteiger partial charge in [-0.25, -0.2) is 0 Å². The summed E-state index contributed by atoms with van der Waals surface area (Å²) in [5.74, 6) is 0.776. The van der Waals surface area contributed by atoms with Crippen LogP contribution < -0.4 is 10.5 Å². The number of ether oxygens (including phenoxy) is 3. The summed E-state index contributed by atoms with van der Waals surface area (Å²) >= 11 is 0. The van der Waals surface area contributed by atoms with Crippen LogP contribution >= 0.6 is 0 Å². The predicted molar refractivity (Wildman–Crippen MR) is 68.6 cm³/mol. The first-order chi connectivity index (χ1) is 8.77.